The van der Waals surface area contributed by atoms with Crippen LogP contribution in [0.3, 0.4) is 0 Å². The quantitative estimate of drug-likeness (QED) is 0.437. The van der Waals surface area contributed by atoms with Crippen molar-refractivity contribution in [3.63, 3.8) is 0 Å². The van der Waals surface area contributed by atoms with Crippen LogP contribution in [0.25, 0.3) is 10.9 Å². The second-order valence-electron chi connectivity index (χ2n) is 8.66. The highest BCUT2D eigenvalue weighted by molar-refractivity contribution is 7.80. The van der Waals surface area contributed by atoms with Gasteiger partial charge in [0, 0.05) is 23.0 Å². The van der Waals surface area contributed by atoms with E-state index in [-0.39, 0.29) is 18.0 Å². The number of methoxy groups -OCH3 is 1. The van der Waals surface area contributed by atoms with E-state index in [1.807, 2.05) is 55.5 Å². The van der Waals surface area contributed by atoms with Gasteiger partial charge in [-0.2, -0.15) is 0 Å². The van der Waals surface area contributed by atoms with Gasteiger partial charge in [-0.3, -0.25) is 9.69 Å². The first-order valence-electron chi connectivity index (χ1n) is 11.0. The molecular weight excluding hydrogens is 430 g/mol. The standard InChI is InChI=1S/C27H23N3O2S/c1-16-7-11-18(12-8-16)29-26(31)23-15-21-20-5-3-4-6-22(20)28-24(21)25(30(23)27(29)33)17-9-13-19(32-2)14-10-17/h3-14,23,25,28H,15H2,1-2H3/t23-,25+/m0/s1. The highest BCUT2D eigenvalue weighted by Gasteiger charge is 2.50. The van der Waals surface area contributed by atoms with Crippen LogP contribution < -0.4 is 9.64 Å². The number of hydrogen-bond acceptors (Lipinski definition) is 3. The third-order valence-electron chi connectivity index (χ3n) is 6.77. The van der Waals surface area contributed by atoms with E-state index in [4.69, 9.17) is 17.0 Å². The summed E-state index contributed by atoms with van der Waals surface area (Å²) in [5, 5.41) is 1.71. The number of anilines is 1. The minimum Gasteiger partial charge on any atom is -0.497 e. The monoisotopic (exact) mass is 453 g/mol. The summed E-state index contributed by atoms with van der Waals surface area (Å²) in [6.07, 6.45) is 0.618. The largest absolute Gasteiger partial charge is 0.497 e. The van der Waals surface area contributed by atoms with Gasteiger partial charge < -0.3 is 14.6 Å². The first-order chi connectivity index (χ1) is 16.1. The lowest BCUT2D eigenvalue weighted by Gasteiger charge is -2.37. The molecule has 1 N–H and O–H groups in total. The lowest BCUT2D eigenvalue weighted by atomic mass is 9.89. The summed E-state index contributed by atoms with van der Waals surface area (Å²) < 4.78 is 5.37. The van der Waals surface area contributed by atoms with Crippen LogP contribution in [0, 0.1) is 6.92 Å². The lowest BCUT2D eigenvalue weighted by molar-refractivity contribution is -0.120. The fourth-order valence-electron chi connectivity index (χ4n) is 5.14. The van der Waals surface area contributed by atoms with Gasteiger partial charge in [0.25, 0.3) is 5.91 Å². The van der Waals surface area contributed by atoms with Crippen molar-refractivity contribution in [2.24, 2.45) is 0 Å². The molecule has 2 atom stereocenters. The van der Waals surface area contributed by atoms with E-state index in [0.29, 0.717) is 11.5 Å². The molecule has 33 heavy (non-hydrogen) atoms. The average molecular weight is 454 g/mol. The number of rotatable bonds is 3. The Morgan fingerprint density at radius 1 is 1.00 bits per heavy atom. The Balaban J connectivity index is 1.53. The molecule has 2 aliphatic rings. The van der Waals surface area contributed by atoms with Crippen LogP contribution in [0.4, 0.5) is 5.69 Å². The zero-order valence-corrected chi connectivity index (χ0v) is 19.2. The molecule has 0 saturated carbocycles. The molecule has 0 bridgehead atoms. The van der Waals surface area contributed by atoms with Crippen molar-refractivity contribution in [2.75, 3.05) is 12.0 Å². The van der Waals surface area contributed by atoms with Gasteiger partial charge in [0.2, 0.25) is 0 Å². The molecule has 0 unspecified atom stereocenters. The van der Waals surface area contributed by atoms with Gasteiger partial charge >= 0.3 is 0 Å². The molecule has 0 radical (unpaired) electrons. The molecule has 6 heteroatoms. The number of nitrogens with one attached hydrogen (secondary N) is 1. The lowest BCUT2D eigenvalue weighted by Crippen LogP contribution is -2.44. The Morgan fingerprint density at radius 2 is 1.73 bits per heavy atom. The van der Waals surface area contributed by atoms with E-state index in [1.165, 1.54) is 5.56 Å². The van der Waals surface area contributed by atoms with Gasteiger partial charge in [0.1, 0.15) is 11.8 Å². The van der Waals surface area contributed by atoms with Gasteiger partial charge in [-0.05, 0) is 60.6 Å². The van der Waals surface area contributed by atoms with Crippen LogP contribution >= 0.6 is 12.2 Å². The Kier molecular flexibility index (Phi) is 4.52. The van der Waals surface area contributed by atoms with Crippen molar-refractivity contribution >= 4 is 39.8 Å². The van der Waals surface area contributed by atoms with Gasteiger partial charge in [0.05, 0.1) is 18.8 Å². The van der Waals surface area contributed by atoms with Gasteiger partial charge in [-0.15, -0.1) is 0 Å². The number of nitrogens with zero attached hydrogens (tertiary/aromatic N) is 2. The van der Waals surface area contributed by atoms with Gasteiger partial charge in [-0.25, -0.2) is 0 Å². The Labute approximate surface area is 197 Å². The number of carbonyl (C=O) groups excluding carboxylic acids is 1. The maximum absolute atomic E-state index is 13.7. The van der Waals surface area contributed by atoms with Crippen LogP contribution in [0.15, 0.2) is 72.8 Å². The molecule has 1 saturated heterocycles. The number of aryl methyl sites for hydroxylation is 1. The normalized spacial score (nSPS) is 19.7. The Bertz CT molecular complexity index is 1390. The highest BCUT2D eigenvalue weighted by Crippen LogP contribution is 2.45. The number of aromatic amines is 1. The van der Waals surface area contributed by atoms with E-state index in [0.717, 1.165) is 39.2 Å². The Morgan fingerprint density at radius 3 is 2.45 bits per heavy atom. The van der Waals surface area contributed by atoms with Crippen LogP contribution in [-0.2, 0) is 11.2 Å². The molecular formula is C27H23N3O2S. The smallest absolute Gasteiger partial charge is 0.256 e. The number of ether oxygens (including phenoxy) is 1. The molecule has 1 aromatic heterocycles. The van der Waals surface area contributed by atoms with Crippen molar-refractivity contribution in [1.82, 2.24) is 9.88 Å². The number of para-hydroxylation sites is 1. The number of fused-ring (bicyclic) bond motifs is 4. The summed E-state index contributed by atoms with van der Waals surface area (Å²) in [5.74, 6) is 0.822. The van der Waals surface area contributed by atoms with Gasteiger partial charge in [-0.1, -0.05) is 48.0 Å². The van der Waals surface area contributed by atoms with E-state index in [1.54, 1.807) is 12.0 Å². The van der Waals surface area contributed by atoms with E-state index in [9.17, 15) is 4.79 Å². The topological polar surface area (TPSA) is 48.6 Å². The summed E-state index contributed by atoms with van der Waals surface area (Å²) in [6, 6.07) is 23.7. The van der Waals surface area contributed by atoms with Crippen LogP contribution in [0.2, 0.25) is 0 Å². The minimum atomic E-state index is -0.349. The number of carbonyl (C=O) groups is 1. The van der Waals surface area contributed by atoms with Crippen LogP contribution in [-0.4, -0.2) is 34.1 Å². The van der Waals surface area contributed by atoms with E-state index < -0.39 is 0 Å². The summed E-state index contributed by atoms with van der Waals surface area (Å²) in [5.41, 5.74) is 6.39. The zero-order valence-electron chi connectivity index (χ0n) is 18.4. The number of hydrogen-bond donors (Lipinski definition) is 1. The fraction of sp³-hybridized carbons (Fsp3) is 0.185. The van der Waals surface area contributed by atoms with Crippen molar-refractivity contribution in [1.29, 1.82) is 0 Å². The number of H-pyrrole nitrogens is 1. The number of thiocarbonyl (C=S) groups is 1. The summed E-state index contributed by atoms with van der Waals surface area (Å²) >= 11 is 5.96. The molecule has 164 valence electrons. The summed E-state index contributed by atoms with van der Waals surface area (Å²) in [6.45, 7) is 2.04. The molecule has 1 amide bonds. The average Bonchev–Trinajstić information content (AvgIpc) is 3.33. The summed E-state index contributed by atoms with van der Waals surface area (Å²) in [4.78, 5) is 21.2. The molecule has 4 aromatic rings. The Hall–Kier alpha value is -3.64. The van der Waals surface area contributed by atoms with Crippen molar-refractivity contribution in [3.05, 3.63) is 95.2 Å². The van der Waals surface area contributed by atoms with Crippen molar-refractivity contribution in [2.45, 2.75) is 25.4 Å². The molecule has 3 heterocycles. The van der Waals surface area contributed by atoms with E-state index in [2.05, 4.69) is 34.1 Å². The SMILES string of the molecule is COc1ccc([C@@H]2c3[nH]c4ccccc4c3C[C@H]3C(=O)N(c4ccc(C)cc4)C(=S)N23)cc1. The second-order valence-corrected chi connectivity index (χ2v) is 9.02. The third kappa shape index (κ3) is 2.98. The molecule has 3 aromatic carbocycles. The molecule has 0 aliphatic carbocycles. The van der Waals surface area contributed by atoms with Crippen LogP contribution in [0.1, 0.15) is 28.4 Å². The van der Waals surface area contributed by atoms with Crippen molar-refractivity contribution in [3.8, 4) is 5.75 Å². The molecule has 0 spiro atoms. The summed E-state index contributed by atoms with van der Waals surface area (Å²) in [7, 11) is 1.66. The molecule has 5 nitrogen and oxygen atoms in total. The molecule has 2 aliphatic heterocycles. The minimum absolute atomic E-state index is 0.0262. The van der Waals surface area contributed by atoms with E-state index >= 15 is 0 Å². The second kappa shape index (κ2) is 7.46. The first-order valence-corrected chi connectivity index (χ1v) is 11.4. The number of aromatic nitrogens is 1. The van der Waals surface area contributed by atoms with Gasteiger partial charge in [0.15, 0.2) is 5.11 Å². The fourth-order valence-corrected chi connectivity index (χ4v) is 5.57. The molecule has 1 fully saturated rings. The molecule has 6 rings (SSSR count). The van der Waals surface area contributed by atoms with Crippen molar-refractivity contribution < 1.29 is 9.53 Å². The highest BCUT2D eigenvalue weighted by atomic mass is 32.1. The zero-order chi connectivity index (χ0) is 22.7. The number of amides is 1. The predicted octanol–water partition coefficient (Wildman–Crippen LogP) is 5.13. The maximum Gasteiger partial charge on any atom is 0.256 e. The predicted molar refractivity (Wildman–Crippen MR) is 134 cm³/mol. The first kappa shape index (κ1) is 20.0. The van der Waals surface area contributed by atoms with Crippen LogP contribution in [0.5, 0.6) is 5.75 Å². The maximum atomic E-state index is 13.7. The number of benzene rings is 3. The third-order valence-corrected chi connectivity index (χ3v) is 7.17.